The van der Waals surface area contributed by atoms with Gasteiger partial charge < -0.3 is 9.15 Å². The summed E-state index contributed by atoms with van der Waals surface area (Å²) in [5, 5.41) is 10.5. The zero-order valence-corrected chi connectivity index (χ0v) is 20.9. The molecule has 0 aliphatic carbocycles. The summed E-state index contributed by atoms with van der Waals surface area (Å²) in [6.07, 6.45) is 1.69. The fraction of sp³-hybridized carbons (Fsp3) is 0.231. The van der Waals surface area contributed by atoms with E-state index in [-0.39, 0.29) is 11.9 Å². The Labute approximate surface area is 206 Å². The lowest BCUT2D eigenvalue weighted by Crippen LogP contribution is -2.13. The number of carbonyl (C=O) groups excluding carboxylic acids is 1. The Morgan fingerprint density at radius 1 is 1.11 bits per heavy atom. The number of benzene rings is 1. The molecule has 0 bridgehead atoms. The molecule has 5 rings (SSSR count). The third-order valence-electron chi connectivity index (χ3n) is 5.72. The third-order valence-corrected chi connectivity index (χ3v) is 6.48. The second-order valence-corrected chi connectivity index (χ2v) is 9.35. The third kappa shape index (κ3) is 4.19. The highest BCUT2D eigenvalue weighted by molar-refractivity contribution is 7.14. The van der Waals surface area contributed by atoms with Crippen molar-refractivity contribution in [2.24, 2.45) is 0 Å². The predicted octanol–water partition coefficient (Wildman–Crippen LogP) is 6.27. The van der Waals surface area contributed by atoms with Crippen LogP contribution in [0.2, 0.25) is 0 Å². The zero-order valence-electron chi connectivity index (χ0n) is 20.1. The number of aryl methyl sites for hydroxylation is 2. The van der Waals surface area contributed by atoms with E-state index in [1.165, 1.54) is 11.3 Å². The van der Waals surface area contributed by atoms with E-state index < -0.39 is 0 Å². The molecule has 35 heavy (non-hydrogen) atoms. The highest BCUT2D eigenvalue weighted by Gasteiger charge is 2.21. The summed E-state index contributed by atoms with van der Waals surface area (Å²) in [5.74, 6) is 1.98. The van der Waals surface area contributed by atoms with Crippen molar-refractivity contribution in [1.29, 1.82) is 0 Å². The first-order valence-corrected chi connectivity index (χ1v) is 12.1. The van der Waals surface area contributed by atoms with Gasteiger partial charge in [0.1, 0.15) is 17.3 Å². The molecule has 1 aromatic carbocycles. The molecule has 5 aromatic rings. The van der Waals surface area contributed by atoms with E-state index >= 15 is 0 Å². The normalized spacial score (nSPS) is 11.4. The Morgan fingerprint density at radius 3 is 2.63 bits per heavy atom. The number of fused-ring (bicyclic) bond motifs is 1. The van der Waals surface area contributed by atoms with Crippen LogP contribution in [0.3, 0.4) is 0 Å². The van der Waals surface area contributed by atoms with E-state index in [2.05, 4.69) is 15.4 Å². The number of nitrogens with one attached hydrogen (secondary N) is 1. The van der Waals surface area contributed by atoms with Gasteiger partial charge in [0, 0.05) is 22.5 Å². The van der Waals surface area contributed by atoms with Crippen LogP contribution in [0.4, 0.5) is 5.13 Å². The fourth-order valence-electron chi connectivity index (χ4n) is 4.08. The Bertz CT molecular complexity index is 1550. The smallest absolute Gasteiger partial charge is 0.258 e. The number of thiazole rings is 1. The largest absolute Gasteiger partial charge is 0.496 e. The van der Waals surface area contributed by atoms with Crippen molar-refractivity contribution in [2.45, 2.75) is 33.7 Å². The number of methoxy groups -OCH3 is 1. The Kier molecular flexibility index (Phi) is 5.86. The molecule has 9 heteroatoms. The number of ether oxygens (including phenoxy) is 1. The van der Waals surface area contributed by atoms with Gasteiger partial charge in [-0.25, -0.2) is 14.6 Å². The van der Waals surface area contributed by atoms with Crippen molar-refractivity contribution >= 4 is 33.4 Å². The molecule has 178 valence electrons. The van der Waals surface area contributed by atoms with Crippen LogP contribution >= 0.6 is 11.3 Å². The van der Waals surface area contributed by atoms with Crippen molar-refractivity contribution in [3.8, 4) is 28.3 Å². The molecule has 1 amide bonds. The van der Waals surface area contributed by atoms with Crippen LogP contribution in [0, 0.1) is 13.8 Å². The number of para-hydroxylation sites is 1. The van der Waals surface area contributed by atoms with Gasteiger partial charge in [0.25, 0.3) is 5.91 Å². The number of hydrogen-bond donors (Lipinski definition) is 1. The Hall–Kier alpha value is -3.98. The average molecular weight is 488 g/mol. The van der Waals surface area contributed by atoms with Gasteiger partial charge in [0.2, 0.25) is 0 Å². The van der Waals surface area contributed by atoms with Crippen LogP contribution in [-0.2, 0) is 0 Å². The Morgan fingerprint density at radius 2 is 1.91 bits per heavy atom. The summed E-state index contributed by atoms with van der Waals surface area (Å²) >= 11 is 1.36. The van der Waals surface area contributed by atoms with Gasteiger partial charge >= 0.3 is 0 Å². The lowest BCUT2D eigenvalue weighted by molar-refractivity contribution is 0.102. The highest BCUT2D eigenvalue weighted by atomic mass is 32.1. The van der Waals surface area contributed by atoms with Crippen LogP contribution in [0.1, 0.15) is 41.8 Å². The Balaban J connectivity index is 1.55. The summed E-state index contributed by atoms with van der Waals surface area (Å²) in [6, 6.07) is 11.5. The molecule has 8 nitrogen and oxygen atoms in total. The van der Waals surface area contributed by atoms with Gasteiger partial charge in [-0.1, -0.05) is 12.1 Å². The van der Waals surface area contributed by atoms with Crippen LogP contribution in [-0.4, -0.2) is 32.8 Å². The molecule has 0 aliphatic heterocycles. The topological polar surface area (TPSA) is 95.1 Å². The second-order valence-electron chi connectivity index (χ2n) is 8.49. The minimum atomic E-state index is -0.277. The van der Waals surface area contributed by atoms with Gasteiger partial charge in [0.15, 0.2) is 10.8 Å². The number of hydrogen-bond acceptors (Lipinski definition) is 7. The number of pyridine rings is 1. The summed E-state index contributed by atoms with van der Waals surface area (Å²) < 4.78 is 13.0. The lowest BCUT2D eigenvalue weighted by atomic mass is 10.1. The first-order chi connectivity index (χ1) is 16.9. The molecule has 1 N–H and O–H groups in total. The standard InChI is InChI=1S/C26H25N5O3S/c1-14(2)31-24-20(12-27-31)19(11-21(28-24)18-10-15(3)34-16(18)4)25(32)30-26-29-22(13-35-26)17-8-6-7-9-23(17)33-5/h6-14H,1-5H3,(H,29,30,32). The molecular formula is C26H25N5O3S. The predicted molar refractivity (Wildman–Crippen MR) is 137 cm³/mol. The van der Waals surface area contributed by atoms with Crippen LogP contribution in [0.25, 0.3) is 33.5 Å². The quantitative estimate of drug-likeness (QED) is 0.303. The van der Waals surface area contributed by atoms with E-state index in [0.29, 0.717) is 27.4 Å². The molecule has 4 aromatic heterocycles. The molecule has 0 fully saturated rings. The zero-order chi connectivity index (χ0) is 24.7. The molecule has 0 saturated carbocycles. The van der Waals surface area contributed by atoms with Crippen LogP contribution < -0.4 is 10.1 Å². The average Bonchev–Trinajstić information content (AvgIpc) is 3.56. The van der Waals surface area contributed by atoms with Gasteiger partial charge in [-0.2, -0.15) is 5.10 Å². The second kappa shape index (κ2) is 8.99. The monoisotopic (exact) mass is 487 g/mol. The molecule has 4 heterocycles. The molecule has 0 spiro atoms. The number of anilines is 1. The van der Waals surface area contributed by atoms with E-state index in [9.17, 15) is 4.79 Å². The maximum atomic E-state index is 13.5. The number of amides is 1. The summed E-state index contributed by atoms with van der Waals surface area (Å²) in [7, 11) is 1.63. The fourth-order valence-corrected chi connectivity index (χ4v) is 4.79. The molecule has 0 unspecified atom stereocenters. The van der Waals surface area contributed by atoms with Crippen LogP contribution in [0.5, 0.6) is 5.75 Å². The molecule has 0 aliphatic rings. The van der Waals surface area contributed by atoms with Crippen molar-refractivity contribution in [2.75, 3.05) is 12.4 Å². The SMILES string of the molecule is COc1ccccc1-c1csc(NC(=O)c2cc(-c3cc(C)oc3C)nc3c2cnn3C(C)C)n1. The minimum Gasteiger partial charge on any atom is -0.496 e. The number of nitrogens with zero attached hydrogens (tertiary/aromatic N) is 4. The molecular weight excluding hydrogens is 462 g/mol. The first kappa shape index (κ1) is 22.8. The lowest BCUT2D eigenvalue weighted by Gasteiger charge is -2.10. The molecule has 0 atom stereocenters. The summed E-state index contributed by atoms with van der Waals surface area (Å²) in [4.78, 5) is 23.0. The van der Waals surface area contributed by atoms with Crippen molar-refractivity contribution in [3.05, 3.63) is 65.1 Å². The number of aromatic nitrogens is 4. The summed E-state index contributed by atoms with van der Waals surface area (Å²) in [6.45, 7) is 7.84. The number of carbonyl (C=O) groups is 1. The summed E-state index contributed by atoms with van der Waals surface area (Å²) in [5.41, 5.74) is 4.24. The first-order valence-electron chi connectivity index (χ1n) is 11.2. The molecule has 0 saturated heterocycles. The van der Waals surface area contributed by atoms with Gasteiger partial charge in [0.05, 0.1) is 35.6 Å². The van der Waals surface area contributed by atoms with Gasteiger partial charge in [-0.3, -0.25) is 10.1 Å². The van der Waals surface area contributed by atoms with Crippen LogP contribution in [0.15, 0.2) is 52.4 Å². The van der Waals surface area contributed by atoms with E-state index in [0.717, 1.165) is 34.1 Å². The number of rotatable bonds is 6. The molecule has 0 radical (unpaired) electrons. The van der Waals surface area contributed by atoms with Crippen molar-refractivity contribution in [3.63, 3.8) is 0 Å². The maximum absolute atomic E-state index is 13.5. The maximum Gasteiger partial charge on any atom is 0.258 e. The van der Waals surface area contributed by atoms with Gasteiger partial charge in [-0.15, -0.1) is 11.3 Å². The van der Waals surface area contributed by atoms with Gasteiger partial charge in [-0.05, 0) is 52.0 Å². The van der Waals surface area contributed by atoms with E-state index in [1.54, 1.807) is 19.4 Å². The minimum absolute atomic E-state index is 0.0840. The number of furan rings is 1. The van der Waals surface area contributed by atoms with Crippen molar-refractivity contribution < 1.29 is 13.9 Å². The highest BCUT2D eigenvalue weighted by Crippen LogP contribution is 2.33. The van der Waals surface area contributed by atoms with Crippen molar-refractivity contribution in [1.82, 2.24) is 19.7 Å². The van der Waals surface area contributed by atoms with E-state index in [4.69, 9.17) is 14.1 Å². The van der Waals surface area contributed by atoms with E-state index in [1.807, 2.05) is 68.1 Å².